The molecule has 0 saturated carbocycles. The molecule has 1 aromatic carbocycles. The number of nitrogens with zero attached hydrogens (tertiary/aromatic N) is 1. The minimum Gasteiger partial charge on any atom is -0.314 e. The summed E-state index contributed by atoms with van der Waals surface area (Å²) in [5, 5.41) is 2.24. The summed E-state index contributed by atoms with van der Waals surface area (Å²) in [5.41, 5.74) is -1.63. The second kappa shape index (κ2) is 8.95. The summed E-state index contributed by atoms with van der Waals surface area (Å²) >= 11 is 5.57. The number of alkyl halides is 6. The van der Waals surface area contributed by atoms with Crippen LogP contribution in [-0.4, -0.2) is 37.3 Å². The number of benzene rings is 1. The summed E-state index contributed by atoms with van der Waals surface area (Å²) in [7, 11) is 0. The maximum atomic E-state index is 14.4. The second-order valence-electron chi connectivity index (χ2n) is 5.81. The van der Waals surface area contributed by atoms with Crippen LogP contribution in [-0.2, 0) is 6.18 Å². The van der Waals surface area contributed by atoms with Crippen LogP contribution in [0.15, 0.2) is 12.1 Å². The van der Waals surface area contributed by atoms with E-state index in [1.807, 2.05) is 0 Å². The van der Waals surface area contributed by atoms with E-state index in [0.29, 0.717) is 38.3 Å². The Kier molecular flexibility index (Phi) is 8.01. The molecule has 1 heterocycles. The fourth-order valence-corrected chi connectivity index (χ4v) is 3.07. The lowest BCUT2D eigenvalue weighted by Gasteiger charge is -2.36. The molecule has 1 fully saturated rings. The van der Waals surface area contributed by atoms with Crippen molar-refractivity contribution in [3.8, 4) is 0 Å². The molecule has 1 N–H and O–H groups in total. The second-order valence-corrected chi connectivity index (χ2v) is 6.22. The molecule has 0 amide bonds. The highest BCUT2D eigenvalue weighted by Gasteiger charge is 2.36. The van der Waals surface area contributed by atoms with Gasteiger partial charge in [0.1, 0.15) is 5.82 Å². The van der Waals surface area contributed by atoms with Crippen LogP contribution in [0.1, 0.15) is 30.0 Å². The largest absolute Gasteiger partial charge is 0.416 e. The van der Waals surface area contributed by atoms with Crippen molar-refractivity contribution in [1.29, 1.82) is 0 Å². The van der Waals surface area contributed by atoms with E-state index in [-0.39, 0.29) is 12.4 Å². The summed E-state index contributed by atoms with van der Waals surface area (Å²) in [6.07, 6.45) is -11.0. The number of nitrogens with one attached hydrogen (secondary N) is 1. The summed E-state index contributed by atoms with van der Waals surface area (Å²) in [6, 6.07) is -0.132. The molecule has 1 saturated heterocycles. The van der Waals surface area contributed by atoms with Gasteiger partial charge >= 0.3 is 12.4 Å². The molecular formula is C15H17Cl2F7N2. The molecule has 1 aliphatic heterocycles. The molecule has 0 aromatic heterocycles. The van der Waals surface area contributed by atoms with Crippen molar-refractivity contribution in [2.75, 3.05) is 26.2 Å². The predicted octanol–water partition coefficient (Wildman–Crippen LogP) is 5.21. The van der Waals surface area contributed by atoms with Crippen molar-refractivity contribution in [3.63, 3.8) is 0 Å². The van der Waals surface area contributed by atoms with Crippen molar-refractivity contribution in [2.24, 2.45) is 0 Å². The van der Waals surface area contributed by atoms with Gasteiger partial charge in [0.05, 0.1) is 10.6 Å². The fraction of sp³-hybridized carbons (Fsp3) is 0.600. The highest BCUT2D eigenvalue weighted by atomic mass is 35.5. The number of piperazine rings is 1. The van der Waals surface area contributed by atoms with Gasteiger partial charge in [-0.25, -0.2) is 4.39 Å². The van der Waals surface area contributed by atoms with Gasteiger partial charge in [0.15, 0.2) is 0 Å². The Morgan fingerprint density at radius 1 is 1.08 bits per heavy atom. The molecule has 0 spiro atoms. The topological polar surface area (TPSA) is 15.3 Å². The van der Waals surface area contributed by atoms with Gasteiger partial charge < -0.3 is 5.32 Å². The van der Waals surface area contributed by atoms with E-state index in [9.17, 15) is 30.7 Å². The zero-order valence-corrected chi connectivity index (χ0v) is 14.9. The van der Waals surface area contributed by atoms with Gasteiger partial charge in [-0.05, 0) is 18.6 Å². The number of hydrogen-bond acceptors (Lipinski definition) is 2. The summed E-state index contributed by atoms with van der Waals surface area (Å²) in [5.74, 6) is -1.11. The quantitative estimate of drug-likeness (QED) is 0.662. The number of halogens is 9. The maximum Gasteiger partial charge on any atom is 0.416 e. The van der Waals surface area contributed by atoms with E-state index in [2.05, 4.69) is 5.32 Å². The molecule has 2 rings (SSSR count). The summed E-state index contributed by atoms with van der Waals surface area (Å²) in [6.45, 7) is 1.51. The average molecular weight is 429 g/mol. The van der Waals surface area contributed by atoms with E-state index < -0.39 is 53.2 Å². The van der Waals surface area contributed by atoms with Crippen molar-refractivity contribution in [2.45, 2.75) is 31.2 Å². The van der Waals surface area contributed by atoms with E-state index in [0.717, 1.165) is 0 Å². The van der Waals surface area contributed by atoms with E-state index >= 15 is 0 Å². The van der Waals surface area contributed by atoms with Crippen LogP contribution in [0.25, 0.3) is 0 Å². The molecule has 11 heteroatoms. The third-order valence-electron chi connectivity index (χ3n) is 4.04. The summed E-state index contributed by atoms with van der Waals surface area (Å²) in [4.78, 5) is 1.55. The summed E-state index contributed by atoms with van der Waals surface area (Å²) < 4.78 is 91.1. The SMILES string of the molecule is Cl.Fc1c(Cl)cc(C(F)(F)F)cc1[C@H](CCC(F)(F)F)N1CCNCC1. The van der Waals surface area contributed by atoms with E-state index in [1.165, 1.54) is 0 Å². The van der Waals surface area contributed by atoms with Crippen LogP contribution in [0.3, 0.4) is 0 Å². The first-order valence-electron chi connectivity index (χ1n) is 7.56. The van der Waals surface area contributed by atoms with Crippen LogP contribution >= 0.6 is 24.0 Å². The number of hydrogen-bond donors (Lipinski definition) is 1. The van der Waals surface area contributed by atoms with Gasteiger partial charge in [-0.3, -0.25) is 4.90 Å². The molecule has 26 heavy (non-hydrogen) atoms. The monoisotopic (exact) mass is 428 g/mol. The molecule has 150 valence electrons. The van der Waals surface area contributed by atoms with Gasteiger partial charge in [0, 0.05) is 44.2 Å². The van der Waals surface area contributed by atoms with Gasteiger partial charge in [0.2, 0.25) is 0 Å². The van der Waals surface area contributed by atoms with Crippen molar-refractivity contribution < 1.29 is 30.7 Å². The Bertz CT molecular complexity index is 599. The average Bonchev–Trinajstić information content (AvgIpc) is 2.50. The molecule has 1 atom stereocenters. The van der Waals surface area contributed by atoms with Crippen molar-refractivity contribution in [3.05, 3.63) is 34.1 Å². The van der Waals surface area contributed by atoms with Gasteiger partial charge in [-0.15, -0.1) is 12.4 Å². The smallest absolute Gasteiger partial charge is 0.314 e. The first-order chi connectivity index (χ1) is 11.5. The van der Waals surface area contributed by atoms with Crippen molar-refractivity contribution >= 4 is 24.0 Å². The van der Waals surface area contributed by atoms with Gasteiger partial charge in [0.25, 0.3) is 0 Å². The molecule has 0 aliphatic carbocycles. The van der Waals surface area contributed by atoms with Crippen LogP contribution < -0.4 is 5.32 Å². The molecule has 0 radical (unpaired) electrons. The van der Waals surface area contributed by atoms with Gasteiger partial charge in [-0.2, -0.15) is 26.3 Å². The van der Waals surface area contributed by atoms with Crippen LogP contribution in [0.2, 0.25) is 5.02 Å². The van der Waals surface area contributed by atoms with Gasteiger partial charge in [-0.1, -0.05) is 11.6 Å². The maximum absolute atomic E-state index is 14.4. The first-order valence-corrected chi connectivity index (χ1v) is 7.94. The minimum atomic E-state index is -4.77. The Hall–Kier alpha value is -0.770. The van der Waals surface area contributed by atoms with E-state index in [1.54, 1.807) is 4.90 Å². The van der Waals surface area contributed by atoms with Crippen LogP contribution in [0, 0.1) is 5.82 Å². The van der Waals surface area contributed by atoms with Crippen molar-refractivity contribution in [1.82, 2.24) is 10.2 Å². The predicted molar refractivity (Wildman–Crippen MR) is 86.1 cm³/mol. The number of rotatable bonds is 4. The lowest BCUT2D eigenvalue weighted by molar-refractivity contribution is -0.140. The van der Waals surface area contributed by atoms with E-state index in [4.69, 9.17) is 11.6 Å². The lowest BCUT2D eigenvalue weighted by atomic mass is 9.96. The third kappa shape index (κ3) is 6.14. The molecular weight excluding hydrogens is 412 g/mol. The van der Waals surface area contributed by atoms with Crippen LogP contribution in [0.5, 0.6) is 0 Å². The highest BCUT2D eigenvalue weighted by Crippen LogP contribution is 2.39. The Morgan fingerprint density at radius 2 is 1.65 bits per heavy atom. The zero-order chi connectivity index (χ0) is 18.8. The molecule has 0 bridgehead atoms. The fourth-order valence-electron chi connectivity index (χ4n) is 2.85. The molecule has 1 aromatic rings. The molecule has 1 aliphatic rings. The standard InChI is InChI=1S/C15H16ClF7N2.ClH/c16-11-8-9(15(21,22)23)7-10(13(11)17)12(1-2-14(18,19)20)25-5-3-24-4-6-25;/h7-8,12,24H,1-6H2;1H/t12-;/m0./s1. The third-order valence-corrected chi connectivity index (χ3v) is 4.31. The minimum absolute atomic E-state index is 0. The Balaban J connectivity index is 0.00000338. The molecule has 2 nitrogen and oxygen atoms in total. The highest BCUT2D eigenvalue weighted by molar-refractivity contribution is 6.30. The first kappa shape index (κ1) is 23.3. The Morgan fingerprint density at radius 3 is 2.15 bits per heavy atom. The zero-order valence-electron chi connectivity index (χ0n) is 13.4. The molecule has 0 unspecified atom stereocenters. The Labute approximate surface area is 157 Å². The lowest BCUT2D eigenvalue weighted by Crippen LogP contribution is -2.45. The van der Waals surface area contributed by atoms with Crippen LogP contribution in [0.4, 0.5) is 30.7 Å². The normalized spacial score (nSPS) is 17.7.